The zero-order chi connectivity index (χ0) is 18.9. The zero-order valence-electron chi connectivity index (χ0n) is 15.5. The molecule has 2 heterocycles. The molecule has 28 heavy (non-hydrogen) atoms. The Balaban J connectivity index is 1.50. The second-order valence-corrected chi connectivity index (χ2v) is 7.69. The van der Waals surface area contributed by atoms with E-state index in [1.165, 1.54) is 16.6 Å². The average Bonchev–Trinajstić information content (AvgIpc) is 3.08. The number of halogens is 1. The van der Waals surface area contributed by atoms with Gasteiger partial charge in [0.15, 0.2) is 0 Å². The van der Waals surface area contributed by atoms with Gasteiger partial charge in [-0.1, -0.05) is 66.2 Å². The molecule has 5 rings (SSSR count). The highest BCUT2D eigenvalue weighted by atomic mass is 35.5. The quantitative estimate of drug-likeness (QED) is 0.484. The highest BCUT2D eigenvalue weighted by Crippen LogP contribution is 2.29. The molecular weight excluding hydrogens is 368 g/mol. The van der Waals surface area contributed by atoms with Crippen LogP contribution in [0, 0.1) is 0 Å². The van der Waals surface area contributed by atoms with Crippen molar-refractivity contribution in [2.45, 2.75) is 19.8 Å². The smallest absolute Gasteiger partial charge is 0.209 e. The van der Waals surface area contributed by atoms with Gasteiger partial charge >= 0.3 is 0 Å². The van der Waals surface area contributed by atoms with Crippen LogP contribution >= 0.6 is 11.6 Å². The van der Waals surface area contributed by atoms with Gasteiger partial charge in [-0.15, -0.1) is 0 Å². The lowest BCUT2D eigenvalue weighted by molar-refractivity contribution is 0.189. The number of para-hydroxylation sites is 2. The monoisotopic (exact) mass is 388 g/mol. The van der Waals surface area contributed by atoms with Gasteiger partial charge in [-0.3, -0.25) is 9.47 Å². The molecule has 0 fully saturated rings. The highest BCUT2D eigenvalue weighted by Gasteiger charge is 2.26. The third-order valence-electron chi connectivity index (χ3n) is 5.14. The minimum absolute atomic E-state index is 0.782. The molecule has 0 radical (unpaired) electrons. The molecule has 4 aromatic rings. The number of fused-ring (bicyclic) bond motifs is 3. The summed E-state index contributed by atoms with van der Waals surface area (Å²) in [5, 5.41) is 0.782. The number of hydrogen-bond donors (Lipinski definition) is 0. The third-order valence-corrected chi connectivity index (χ3v) is 5.38. The predicted octanol–water partition coefficient (Wildman–Crippen LogP) is 5.13. The molecule has 1 aliphatic heterocycles. The summed E-state index contributed by atoms with van der Waals surface area (Å²) in [6.45, 7) is 3.31. The minimum atomic E-state index is 0.782. The summed E-state index contributed by atoms with van der Waals surface area (Å²) >= 11 is 6.20. The summed E-state index contributed by atoms with van der Waals surface area (Å²) in [5.74, 6) is 1.03. The second-order valence-electron chi connectivity index (χ2n) is 7.25. The van der Waals surface area contributed by atoms with Gasteiger partial charge in [0.25, 0.3) is 0 Å². The number of imidazole rings is 1. The van der Waals surface area contributed by atoms with Crippen LogP contribution < -0.4 is 4.90 Å². The van der Waals surface area contributed by atoms with Crippen LogP contribution in [0.4, 0.5) is 5.95 Å². The van der Waals surface area contributed by atoms with Crippen LogP contribution in [-0.2, 0) is 19.8 Å². The van der Waals surface area contributed by atoms with Crippen LogP contribution in [0.15, 0.2) is 78.9 Å². The molecule has 3 aromatic carbocycles. The van der Waals surface area contributed by atoms with Gasteiger partial charge in [-0.05, 0) is 35.4 Å². The first-order valence-corrected chi connectivity index (χ1v) is 9.85. The summed E-state index contributed by atoms with van der Waals surface area (Å²) in [5.41, 5.74) is 4.72. The van der Waals surface area contributed by atoms with Crippen molar-refractivity contribution in [3.8, 4) is 0 Å². The largest absolute Gasteiger partial charge is 0.325 e. The van der Waals surface area contributed by atoms with Crippen LogP contribution in [0.3, 0.4) is 0 Å². The molecule has 0 bridgehead atoms. The number of aromatic nitrogens is 2. The van der Waals surface area contributed by atoms with E-state index >= 15 is 0 Å². The first-order chi connectivity index (χ1) is 13.8. The lowest BCUT2D eigenvalue weighted by Gasteiger charge is -2.37. The molecule has 1 aliphatic rings. The van der Waals surface area contributed by atoms with Crippen molar-refractivity contribution in [2.75, 3.05) is 11.6 Å². The number of rotatable bonds is 4. The van der Waals surface area contributed by atoms with E-state index in [1.807, 2.05) is 24.3 Å². The molecule has 0 aliphatic carbocycles. The molecule has 1 aromatic heterocycles. The number of benzene rings is 3. The molecule has 4 nitrogen and oxygen atoms in total. The van der Waals surface area contributed by atoms with Gasteiger partial charge in [0.05, 0.1) is 24.4 Å². The van der Waals surface area contributed by atoms with E-state index in [-0.39, 0.29) is 0 Å². The predicted molar refractivity (Wildman–Crippen MR) is 114 cm³/mol. The fourth-order valence-corrected chi connectivity index (χ4v) is 4.12. The van der Waals surface area contributed by atoms with E-state index in [9.17, 15) is 0 Å². The number of anilines is 1. The standard InChI is InChI=1S/C23H21ClN4/c24-20-10-6-9-19(13-20)14-26-16-27(15-18-7-2-1-3-8-18)23-25-21-11-4-5-12-22(21)28(23)17-26/h1-13H,14-17H2. The molecule has 140 valence electrons. The first kappa shape index (κ1) is 17.3. The molecule has 0 amide bonds. The summed E-state index contributed by atoms with van der Waals surface area (Å²) < 4.78 is 2.31. The maximum absolute atomic E-state index is 6.20. The van der Waals surface area contributed by atoms with Gasteiger partial charge in [-0.25, -0.2) is 4.98 Å². The second kappa shape index (κ2) is 7.30. The van der Waals surface area contributed by atoms with Gasteiger partial charge in [0.2, 0.25) is 5.95 Å². The normalized spacial score (nSPS) is 14.4. The van der Waals surface area contributed by atoms with Crippen molar-refractivity contribution in [1.29, 1.82) is 0 Å². The fraction of sp³-hybridized carbons (Fsp3) is 0.174. The van der Waals surface area contributed by atoms with Gasteiger partial charge in [-0.2, -0.15) is 0 Å². The van der Waals surface area contributed by atoms with E-state index in [2.05, 4.69) is 69.0 Å². The Morgan fingerprint density at radius 3 is 2.43 bits per heavy atom. The summed E-state index contributed by atoms with van der Waals surface area (Å²) in [6, 6.07) is 27.1. The average molecular weight is 389 g/mol. The lowest BCUT2D eigenvalue weighted by atomic mass is 10.2. The molecule has 0 saturated heterocycles. The number of hydrogen-bond acceptors (Lipinski definition) is 3. The third kappa shape index (κ3) is 3.37. The molecule has 0 unspecified atom stereocenters. The first-order valence-electron chi connectivity index (χ1n) is 9.47. The van der Waals surface area contributed by atoms with Crippen LogP contribution in [0.5, 0.6) is 0 Å². The van der Waals surface area contributed by atoms with Crippen molar-refractivity contribution >= 4 is 28.6 Å². The summed E-state index contributed by atoms with van der Waals surface area (Å²) in [4.78, 5) is 9.70. The van der Waals surface area contributed by atoms with E-state index in [1.54, 1.807) is 0 Å². The van der Waals surface area contributed by atoms with E-state index in [4.69, 9.17) is 16.6 Å². The van der Waals surface area contributed by atoms with Gasteiger partial charge in [0, 0.05) is 18.1 Å². The molecule has 0 spiro atoms. The van der Waals surface area contributed by atoms with E-state index < -0.39 is 0 Å². The van der Waals surface area contributed by atoms with Crippen molar-refractivity contribution in [3.05, 3.63) is 95.0 Å². The summed E-state index contributed by atoms with van der Waals surface area (Å²) in [7, 11) is 0. The molecule has 5 heteroatoms. The Hall–Kier alpha value is -2.82. The fourth-order valence-electron chi connectivity index (χ4n) is 3.91. The van der Waals surface area contributed by atoms with Gasteiger partial charge in [0.1, 0.15) is 0 Å². The molecular formula is C23H21ClN4. The van der Waals surface area contributed by atoms with Gasteiger partial charge < -0.3 is 4.90 Å². The van der Waals surface area contributed by atoms with E-state index in [0.717, 1.165) is 42.9 Å². The highest BCUT2D eigenvalue weighted by molar-refractivity contribution is 6.30. The van der Waals surface area contributed by atoms with Crippen molar-refractivity contribution in [2.24, 2.45) is 0 Å². The van der Waals surface area contributed by atoms with Crippen molar-refractivity contribution < 1.29 is 0 Å². The Bertz CT molecular complexity index is 1110. The Morgan fingerprint density at radius 1 is 0.786 bits per heavy atom. The Morgan fingerprint density at radius 2 is 1.57 bits per heavy atom. The van der Waals surface area contributed by atoms with E-state index in [0.29, 0.717) is 0 Å². The SMILES string of the molecule is Clc1cccc(CN2CN(Cc3ccccc3)c3nc4ccccc4n3C2)c1. The Labute approximate surface area is 169 Å². The maximum atomic E-state index is 6.20. The van der Waals surface area contributed by atoms with Crippen molar-refractivity contribution in [3.63, 3.8) is 0 Å². The van der Waals surface area contributed by atoms with Crippen LogP contribution in [-0.4, -0.2) is 21.1 Å². The summed E-state index contributed by atoms with van der Waals surface area (Å²) in [6.07, 6.45) is 0. The zero-order valence-corrected chi connectivity index (χ0v) is 16.3. The minimum Gasteiger partial charge on any atom is -0.325 e. The molecule has 0 atom stereocenters. The Kier molecular flexibility index (Phi) is 4.51. The lowest BCUT2D eigenvalue weighted by Crippen LogP contribution is -2.44. The van der Waals surface area contributed by atoms with Crippen LogP contribution in [0.1, 0.15) is 11.1 Å². The van der Waals surface area contributed by atoms with Crippen LogP contribution in [0.25, 0.3) is 11.0 Å². The molecule has 0 N–H and O–H groups in total. The topological polar surface area (TPSA) is 24.3 Å². The molecule has 0 saturated carbocycles. The maximum Gasteiger partial charge on any atom is 0.209 e. The number of nitrogens with zero attached hydrogens (tertiary/aromatic N) is 4. The van der Waals surface area contributed by atoms with Crippen molar-refractivity contribution in [1.82, 2.24) is 14.5 Å². The van der Waals surface area contributed by atoms with Crippen LogP contribution in [0.2, 0.25) is 5.02 Å².